The molecule has 0 bridgehead atoms. The Morgan fingerprint density at radius 3 is 2.00 bits per heavy atom. The van der Waals surface area contributed by atoms with Crippen LogP contribution in [-0.4, -0.2) is 37.4 Å². The lowest BCUT2D eigenvalue weighted by molar-refractivity contribution is 0.0920. The zero-order valence-electron chi connectivity index (χ0n) is 11.1. The smallest absolute Gasteiger partial charge is 0.252 e. The Morgan fingerprint density at radius 2 is 1.63 bits per heavy atom. The minimum atomic E-state index is -0.656. The molecule has 1 aromatic rings. The van der Waals surface area contributed by atoms with Crippen LogP contribution in [0.3, 0.4) is 0 Å². The van der Waals surface area contributed by atoms with Crippen molar-refractivity contribution in [1.82, 2.24) is 5.32 Å². The molecule has 0 fully saturated rings. The van der Waals surface area contributed by atoms with Crippen LogP contribution in [0.25, 0.3) is 0 Å². The molecular formula is C13H17Cl2NO3. The zero-order chi connectivity index (χ0) is 14.5. The van der Waals surface area contributed by atoms with E-state index >= 15 is 0 Å². The zero-order valence-corrected chi connectivity index (χ0v) is 12.6. The standard InChI is InChI=1S/C13H17Cl2NO3/c1-13(7-14,8-15)16-12(17)9-4-10(18-2)6-11(5-9)19-3/h4-6H,7-8H2,1-3H3,(H,16,17). The van der Waals surface area contributed by atoms with Gasteiger partial charge < -0.3 is 14.8 Å². The third-order valence-corrected chi connectivity index (χ3v) is 3.80. The molecule has 0 radical (unpaired) electrons. The van der Waals surface area contributed by atoms with Crippen molar-refractivity contribution in [3.63, 3.8) is 0 Å². The summed E-state index contributed by atoms with van der Waals surface area (Å²) in [6, 6.07) is 4.94. The Bertz CT molecular complexity index is 425. The van der Waals surface area contributed by atoms with Crippen molar-refractivity contribution in [2.24, 2.45) is 0 Å². The highest BCUT2D eigenvalue weighted by atomic mass is 35.5. The first kappa shape index (κ1) is 15.9. The molecule has 6 heteroatoms. The Labute approximate surface area is 123 Å². The number of hydrogen-bond acceptors (Lipinski definition) is 3. The molecule has 0 atom stereocenters. The van der Waals surface area contributed by atoms with E-state index in [0.29, 0.717) is 17.1 Å². The van der Waals surface area contributed by atoms with Gasteiger partial charge in [0.1, 0.15) is 11.5 Å². The second-order valence-corrected chi connectivity index (χ2v) is 4.92. The lowest BCUT2D eigenvalue weighted by Gasteiger charge is -2.26. The lowest BCUT2D eigenvalue weighted by Crippen LogP contribution is -2.49. The van der Waals surface area contributed by atoms with Gasteiger partial charge in [0.05, 0.1) is 19.8 Å². The molecular weight excluding hydrogens is 289 g/mol. The van der Waals surface area contributed by atoms with Crippen molar-refractivity contribution in [3.8, 4) is 11.5 Å². The molecule has 1 N–H and O–H groups in total. The maximum absolute atomic E-state index is 12.2. The van der Waals surface area contributed by atoms with Gasteiger partial charge in [-0.2, -0.15) is 0 Å². The highest BCUT2D eigenvalue weighted by Crippen LogP contribution is 2.23. The summed E-state index contributed by atoms with van der Waals surface area (Å²) in [7, 11) is 3.05. The number of ether oxygens (including phenoxy) is 2. The highest BCUT2D eigenvalue weighted by molar-refractivity contribution is 6.22. The molecule has 0 heterocycles. The predicted octanol–water partition coefficient (Wildman–Crippen LogP) is 2.67. The number of nitrogens with one attached hydrogen (secondary N) is 1. The van der Waals surface area contributed by atoms with E-state index in [-0.39, 0.29) is 17.7 Å². The van der Waals surface area contributed by atoms with Crippen LogP contribution in [0.4, 0.5) is 0 Å². The molecule has 0 spiro atoms. The number of hydrogen-bond donors (Lipinski definition) is 1. The van der Waals surface area contributed by atoms with E-state index in [9.17, 15) is 4.79 Å². The molecule has 19 heavy (non-hydrogen) atoms. The van der Waals surface area contributed by atoms with Gasteiger partial charge in [-0.25, -0.2) is 0 Å². The Morgan fingerprint density at radius 1 is 1.16 bits per heavy atom. The van der Waals surface area contributed by atoms with Gasteiger partial charge in [0, 0.05) is 23.4 Å². The molecule has 0 unspecified atom stereocenters. The topological polar surface area (TPSA) is 47.6 Å². The molecule has 1 aromatic carbocycles. The van der Waals surface area contributed by atoms with Crippen molar-refractivity contribution in [3.05, 3.63) is 23.8 Å². The average molecular weight is 306 g/mol. The summed E-state index contributed by atoms with van der Waals surface area (Å²) in [5.41, 5.74) is -0.228. The Kier molecular flexibility index (Phi) is 5.76. The summed E-state index contributed by atoms with van der Waals surface area (Å²) in [5, 5.41) is 2.80. The first-order valence-electron chi connectivity index (χ1n) is 5.65. The minimum Gasteiger partial charge on any atom is -0.497 e. The molecule has 0 aliphatic carbocycles. The first-order chi connectivity index (χ1) is 8.97. The molecule has 0 saturated heterocycles. The van der Waals surface area contributed by atoms with Crippen LogP contribution < -0.4 is 14.8 Å². The van der Waals surface area contributed by atoms with Gasteiger partial charge in [-0.1, -0.05) is 0 Å². The maximum Gasteiger partial charge on any atom is 0.252 e. The molecule has 1 rings (SSSR count). The second kappa shape index (κ2) is 6.87. The fourth-order valence-electron chi connectivity index (χ4n) is 1.39. The van der Waals surface area contributed by atoms with E-state index in [2.05, 4.69) is 5.32 Å². The molecule has 0 aromatic heterocycles. The second-order valence-electron chi connectivity index (χ2n) is 4.38. The van der Waals surface area contributed by atoms with E-state index in [1.807, 2.05) is 0 Å². The van der Waals surface area contributed by atoms with Gasteiger partial charge in [-0.05, 0) is 19.1 Å². The SMILES string of the molecule is COc1cc(OC)cc(C(=O)NC(C)(CCl)CCl)c1. The summed E-state index contributed by atoms with van der Waals surface area (Å²) in [6.45, 7) is 1.78. The van der Waals surface area contributed by atoms with Gasteiger partial charge in [-0.15, -0.1) is 23.2 Å². The molecule has 0 saturated carbocycles. The number of methoxy groups -OCH3 is 2. The summed E-state index contributed by atoms with van der Waals surface area (Å²) in [6.07, 6.45) is 0. The van der Waals surface area contributed by atoms with Crippen LogP contribution in [0.1, 0.15) is 17.3 Å². The van der Waals surface area contributed by atoms with Crippen molar-refractivity contribution in [2.45, 2.75) is 12.5 Å². The van der Waals surface area contributed by atoms with E-state index in [1.54, 1.807) is 25.1 Å². The highest BCUT2D eigenvalue weighted by Gasteiger charge is 2.25. The van der Waals surface area contributed by atoms with Gasteiger partial charge >= 0.3 is 0 Å². The normalized spacial score (nSPS) is 11.0. The quantitative estimate of drug-likeness (QED) is 0.822. The number of carbonyl (C=O) groups excluding carboxylic acids is 1. The van der Waals surface area contributed by atoms with E-state index in [0.717, 1.165) is 0 Å². The van der Waals surface area contributed by atoms with Gasteiger partial charge in [-0.3, -0.25) is 4.79 Å². The lowest BCUT2D eigenvalue weighted by atomic mass is 10.1. The first-order valence-corrected chi connectivity index (χ1v) is 6.72. The van der Waals surface area contributed by atoms with E-state index in [1.165, 1.54) is 14.2 Å². The third-order valence-electron chi connectivity index (χ3n) is 2.62. The predicted molar refractivity (Wildman–Crippen MR) is 76.9 cm³/mol. The number of halogens is 2. The third kappa shape index (κ3) is 4.18. The van der Waals surface area contributed by atoms with Crippen LogP contribution in [-0.2, 0) is 0 Å². The average Bonchev–Trinajstić information content (AvgIpc) is 2.46. The summed E-state index contributed by atoms with van der Waals surface area (Å²) < 4.78 is 10.2. The molecule has 1 amide bonds. The monoisotopic (exact) mass is 305 g/mol. The van der Waals surface area contributed by atoms with Crippen LogP contribution in [0, 0.1) is 0 Å². The minimum absolute atomic E-state index is 0.226. The molecule has 0 aliphatic rings. The summed E-state index contributed by atoms with van der Waals surface area (Å²) in [5.74, 6) is 1.26. The van der Waals surface area contributed by atoms with Gasteiger partial charge in [0.25, 0.3) is 5.91 Å². The van der Waals surface area contributed by atoms with Crippen LogP contribution in [0.2, 0.25) is 0 Å². The molecule has 106 valence electrons. The fraction of sp³-hybridized carbons (Fsp3) is 0.462. The fourth-order valence-corrected chi connectivity index (χ4v) is 1.81. The molecule has 4 nitrogen and oxygen atoms in total. The van der Waals surface area contributed by atoms with Gasteiger partial charge in [0.2, 0.25) is 0 Å². The van der Waals surface area contributed by atoms with Crippen molar-refractivity contribution >= 4 is 29.1 Å². The largest absolute Gasteiger partial charge is 0.497 e. The Hall–Kier alpha value is -1.13. The van der Waals surface area contributed by atoms with Crippen molar-refractivity contribution in [2.75, 3.05) is 26.0 Å². The number of benzene rings is 1. The van der Waals surface area contributed by atoms with Gasteiger partial charge in [0.15, 0.2) is 0 Å². The van der Waals surface area contributed by atoms with Crippen molar-refractivity contribution < 1.29 is 14.3 Å². The van der Waals surface area contributed by atoms with E-state index in [4.69, 9.17) is 32.7 Å². The molecule has 0 aliphatic heterocycles. The van der Waals surface area contributed by atoms with Crippen LogP contribution in [0.15, 0.2) is 18.2 Å². The van der Waals surface area contributed by atoms with E-state index < -0.39 is 5.54 Å². The summed E-state index contributed by atoms with van der Waals surface area (Å²) in [4.78, 5) is 12.2. The number of amides is 1. The number of alkyl halides is 2. The maximum atomic E-state index is 12.2. The number of carbonyl (C=O) groups is 1. The number of rotatable bonds is 6. The van der Waals surface area contributed by atoms with Crippen LogP contribution in [0.5, 0.6) is 11.5 Å². The Balaban J connectivity index is 2.99. The summed E-state index contributed by atoms with van der Waals surface area (Å²) >= 11 is 11.6. The van der Waals surface area contributed by atoms with Crippen LogP contribution >= 0.6 is 23.2 Å². The van der Waals surface area contributed by atoms with Crippen molar-refractivity contribution in [1.29, 1.82) is 0 Å².